The van der Waals surface area contributed by atoms with Crippen molar-refractivity contribution in [3.05, 3.63) is 58.9 Å². The summed E-state index contributed by atoms with van der Waals surface area (Å²) in [5.74, 6) is -0.993. The van der Waals surface area contributed by atoms with Crippen LogP contribution in [0.15, 0.2) is 30.3 Å². The number of benzene rings is 2. The Kier molecular flexibility index (Phi) is 7.84. The Balaban J connectivity index is 1.30. The Morgan fingerprint density at radius 1 is 0.758 bits per heavy atom. The molecule has 0 amide bonds. The van der Waals surface area contributed by atoms with Gasteiger partial charge in [0.1, 0.15) is 11.6 Å². The molecule has 0 bridgehead atoms. The summed E-state index contributed by atoms with van der Waals surface area (Å²) in [6.07, 6.45) is 6.96. The van der Waals surface area contributed by atoms with Gasteiger partial charge in [0.15, 0.2) is 11.6 Å². The molecule has 6 heteroatoms. The monoisotopic (exact) mass is 462 g/mol. The van der Waals surface area contributed by atoms with Gasteiger partial charge in [-0.1, -0.05) is 12.1 Å². The summed E-state index contributed by atoms with van der Waals surface area (Å²) < 4.78 is 60.1. The molecule has 0 radical (unpaired) electrons. The molecule has 0 saturated heterocycles. The van der Waals surface area contributed by atoms with Gasteiger partial charge in [-0.15, -0.1) is 0 Å². The number of rotatable bonds is 7. The fourth-order valence-corrected chi connectivity index (χ4v) is 5.40. The van der Waals surface area contributed by atoms with Gasteiger partial charge in [-0.2, -0.15) is 4.39 Å². The number of methoxy groups -OCH3 is 2. The van der Waals surface area contributed by atoms with Crippen molar-refractivity contribution in [2.75, 3.05) is 20.8 Å². The Morgan fingerprint density at radius 3 is 2.03 bits per heavy atom. The molecular weight excluding hydrogens is 429 g/mol. The van der Waals surface area contributed by atoms with Gasteiger partial charge in [0, 0.05) is 13.2 Å². The van der Waals surface area contributed by atoms with E-state index >= 15 is 0 Å². The summed E-state index contributed by atoms with van der Waals surface area (Å²) >= 11 is 0. The summed E-state index contributed by atoms with van der Waals surface area (Å²) in [7, 11) is 3.22. The fourth-order valence-electron chi connectivity index (χ4n) is 5.40. The van der Waals surface area contributed by atoms with Crippen LogP contribution < -0.4 is 9.47 Å². The molecule has 0 heterocycles. The van der Waals surface area contributed by atoms with Crippen LogP contribution in [0.5, 0.6) is 11.5 Å². The summed E-state index contributed by atoms with van der Waals surface area (Å²) in [4.78, 5) is 0. The average molecular weight is 463 g/mol. The van der Waals surface area contributed by atoms with Crippen molar-refractivity contribution >= 4 is 0 Å². The Hall–Kier alpha value is -2.21. The van der Waals surface area contributed by atoms with Crippen LogP contribution in [0.2, 0.25) is 0 Å². The number of ether oxygens (including phenoxy) is 3. The molecule has 2 fully saturated rings. The maximum absolute atomic E-state index is 14.8. The largest absolute Gasteiger partial charge is 0.497 e. The molecule has 0 aromatic heterocycles. The SMILES string of the molecule is COc1ccc(C2CCC(COc3ccc(C4CCC(OC)CC4)c(F)c3F)CC2)c(F)c1. The predicted octanol–water partition coefficient (Wildman–Crippen LogP) is 7.14. The minimum atomic E-state index is -0.893. The molecule has 2 aromatic rings. The van der Waals surface area contributed by atoms with E-state index in [9.17, 15) is 13.2 Å². The van der Waals surface area contributed by atoms with Crippen LogP contribution in [0.3, 0.4) is 0 Å². The van der Waals surface area contributed by atoms with Crippen LogP contribution in [0, 0.1) is 23.4 Å². The first-order chi connectivity index (χ1) is 16.0. The lowest BCUT2D eigenvalue weighted by molar-refractivity contribution is 0.0654. The van der Waals surface area contributed by atoms with E-state index in [0.29, 0.717) is 17.9 Å². The molecule has 2 aliphatic carbocycles. The first kappa shape index (κ1) is 23.9. The smallest absolute Gasteiger partial charge is 0.200 e. The zero-order chi connectivity index (χ0) is 23.4. The first-order valence-electron chi connectivity index (χ1n) is 12.0. The molecule has 2 aliphatic rings. The van der Waals surface area contributed by atoms with Gasteiger partial charge < -0.3 is 14.2 Å². The lowest BCUT2D eigenvalue weighted by Gasteiger charge is -2.29. The van der Waals surface area contributed by atoms with Crippen molar-refractivity contribution in [1.29, 1.82) is 0 Å². The van der Waals surface area contributed by atoms with Gasteiger partial charge in [-0.05, 0) is 92.4 Å². The quantitative estimate of drug-likeness (QED) is 0.438. The molecule has 2 saturated carbocycles. The van der Waals surface area contributed by atoms with E-state index in [2.05, 4.69) is 0 Å². The van der Waals surface area contributed by atoms with E-state index in [0.717, 1.165) is 56.9 Å². The second-order valence-electron chi connectivity index (χ2n) is 9.41. The van der Waals surface area contributed by atoms with Crippen LogP contribution in [0.25, 0.3) is 0 Å². The standard InChI is InChI=1S/C27H33F3O3/c1-31-20-9-7-19(8-10-20)23-13-14-25(27(30)26(23)29)33-16-17-3-5-18(6-4-17)22-12-11-21(32-2)15-24(22)28/h11-15,17-20H,3-10,16H2,1-2H3. The molecule has 3 nitrogen and oxygen atoms in total. The van der Waals surface area contributed by atoms with E-state index in [1.807, 2.05) is 0 Å². The third-order valence-electron chi connectivity index (χ3n) is 7.49. The lowest BCUT2D eigenvalue weighted by atomic mass is 9.79. The molecule has 0 unspecified atom stereocenters. The zero-order valence-electron chi connectivity index (χ0n) is 19.4. The number of halogens is 3. The average Bonchev–Trinajstić information content (AvgIpc) is 2.85. The molecule has 0 spiro atoms. The molecule has 0 aliphatic heterocycles. The summed E-state index contributed by atoms with van der Waals surface area (Å²) in [5.41, 5.74) is 1.16. The summed E-state index contributed by atoms with van der Waals surface area (Å²) in [5, 5.41) is 0. The second-order valence-corrected chi connectivity index (χ2v) is 9.41. The molecule has 0 atom stereocenters. The van der Waals surface area contributed by atoms with E-state index in [-0.39, 0.29) is 35.4 Å². The van der Waals surface area contributed by atoms with Gasteiger partial charge in [-0.25, -0.2) is 8.78 Å². The van der Waals surface area contributed by atoms with Crippen LogP contribution in [-0.2, 0) is 4.74 Å². The number of hydrogen-bond acceptors (Lipinski definition) is 3. The van der Waals surface area contributed by atoms with Crippen LogP contribution in [0.4, 0.5) is 13.2 Å². The van der Waals surface area contributed by atoms with Gasteiger partial charge in [0.25, 0.3) is 0 Å². The molecule has 4 rings (SSSR count). The van der Waals surface area contributed by atoms with Crippen molar-refractivity contribution in [3.8, 4) is 11.5 Å². The van der Waals surface area contributed by atoms with Gasteiger partial charge in [-0.3, -0.25) is 0 Å². The minimum absolute atomic E-state index is 0.0218. The van der Waals surface area contributed by atoms with Gasteiger partial charge >= 0.3 is 0 Å². The predicted molar refractivity (Wildman–Crippen MR) is 122 cm³/mol. The maximum Gasteiger partial charge on any atom is 0.200 e. The van der Waals surface area contributed by atoms with Crippen molar-refractivity contribution in [2.24, 2.45) is 5.92 Å². The van der Waals surface area contributed by atoms with Crippen molar-refractivity contribution in [2.45, 2.75) is 69.3 Å². The third kappa shape index (κ3) is 5.48. The fraction of sp³-hybridized carbons (Fsp3) is 0.556. The Labute approximate surface area is 194 Å². The van der Waals surface area contributed by atoms with E-state index < -0.39 is 11.6 Å². The van der Waals surface area contributed by atoms with E-state index in [1.54, 1.807) is 31.4 Å². The Morgan fingerprint density at radius 2 is 1.39 bits per heavy atom. The third-order valence-corrected chi connectivity index (χ3v) is 7.49. The minimum Gasteiger partial charge on any atom is -0.497 e. The zero-order valence-corrected chi connectivity index (χ0v) is 19.4. The van der Waals surface area contributed by atoms with Gasteiger partial charge in [0.2, 0.25) is 5.82 Å². The molecule has 180 valence electrons. The van der Waals surface area contributed by atoms with Crippen molar-refractivity contribution in [3.63, 3.8) is 0 Å². The normalized spacial score (nSPS) is 25.6. The molecular formula is C27H33F3O3. The second kappa shape index (κ2) is 10.8. The van der Waals surface area contributed by atoms with Crippen molar-refractivity contribution < 1.29 is 27.4 Å². The number of hydrogen-bond donors (Lipinski definition) is 0. The maximum atomic E-state index is 14.8. The Bertz CT molecular complexity index is 932. The van der Waals surface area contributed by atoms with Crippen LogP contribution in [0.1, 0.15) is 74.3 Å². The molecule has 0 N–H and O–H groups in total. The molecule has 33 heavy (non-hydrogen) atoms. The highest BCUT2D eigenvalue weighted by Gasteiger charge is 2.28. The van der Waals surface area contributed by atoms with Gasteiger partial charge in [0.05, 0.1) is 19.8 Å². The summed E-state index contributed by atoms with van der Waals surface area (Å²) in [6, 6.07) is 8.26. The summed E-state index contributed by atoms with van der Waals surface area (Å²) in [6.45, 7) is 0.340. The highest BCUT2D eigenvalue weighted by Crippen LogP contribution is 2.39. The van der Waals surface area contributed by atoms with Crippen molar-refractivity contribution in [1.82, 2.24) is 0 Å². The van der Waals surface area contributed by atoms with Crippen LogP contribution >= 0.6 is 0 Å². The highest BCUT2D eigenvalue weighted by atomic mass is 19.2. The first-order valence-corrected chi connectivity index (χ1v) is 12.0. The topological polar surface area (TPSA) is 27.7 Å². The van der Waals surface area contributed by atoms with E-state index in [4.69, 9.17) is 14.2 Å². The van der Waals surface area contributed by atoms with Crippen LogP contribution in [-0.4, -0.2) is 26.9 Å². The highest BCUT2D eigenvalue weighted by molar-refractivity contribution is 5.34. The molecule has 2 aromatic carbocycles. The van der Waals surface area contributed by atoms with E-state index in [1.165, 1.54) is 13.2 Å². The lowest BCUT2D eigenvalue weighted by Crippen LogP contribution is -2.21.